The fourth-order valence-corrected chi connectivity index (χ4v) is 4.58. The molecular weight excluding hydrogens is 509 g/mol. The molecule has 4 rings (SSSR count). The van der Waals surface area contributed by atoms with Crippen LogP contribution in [-0.2, 0) is 0 Å². The summed E-state index contributed by atoms with van der Waals surface area (Å²) in [6.07, 6.45) is 0.766. The van der Waals surface area contributed by atoms with Crippen molar-refractivity contribution in [3.63, 3.8) is 0 Å². The van der Waals surface area contributed by atoms with Gasteiger partial charge in [-0.05, 0) is 86.1 Å². The number of carboxylic acid groups (broad SMARTS) is 1. The number of aromatic nitrogens is 2. The van der Waals surface area contributed by atoms with Gasteiger partial charge < -0.3 is 15.3 Å². The van der Waals surface area contributed by atoms with Gasteiger partial charge in [0, 0.05) is 18.0 Å². The van der Waals surface area contributed by atoms with E-state index in [1.807, 2.05) is 0 Å². The molecule has 204 valence electrons. The summed E-state index contributed by atoms with van der Waals surface area (Å²) in [5.74, 6) is -3.67. The molecule has 0 aliphatic rings. The highest BCUT2D eigenvalue weighted by atomic mass is 19.1. The molecule has 2 heterocycles. The number of benzene rings is 2. The van der Waals surface area contributed by atoms with Crippen LogP contribution in [0.5, 0.6) is 0 Å². The smallest absolute Gasteiger partial charge is 0.335 e. The second kappa shape index (κ2) is 11.7. The summed E-state index contributed by atoms with van der Waals surface area (Å²) in [6, 6.07) is 9.73. The van der Waals surface area contributed by atoms with E-state index in [0.29, 0.717) is 12.1 Å². The van der Waals surface area contributed by atoms with Crippen LogP contribution in [0.1, 0.15) is 36.2 Å². The summed E-state index contributed by atoms with van der Waals surface area (Å²) >= 11 is 0. The number of hydrogen-bond acceptors (Lipinski definition) is 5. The summed E-state index contributed by atoms with van der Waals surface area (Å²) in [7, 11) is 0. The number of hydrogen-bond donors (Lipinski definition) is 2. The first kappa shape index (κ1) is 27.8. The Labute approximate surface area is 223 Å². The Balaban J connectivity index is 1.96. The summed E-state index contributed by atoms with van der Waals surface area (Å²) in [4.78, 5) is 31.5. The quantitative estimate of drug-likeness (QED) is 0.255. The molecule has 2 aromatic heterocycles. The van der Waals surface area contributed by atoms with E-state index in [2.05, 4.69) is 29.0 Å². The standard InChI is InChI=1S/C29H29F3N4O3/c1-4-35(5-2)13-7-12-33-25-16-21(20-14-18(29(38)39)15-24(32)17(20)3)19-10-11-26(37)36(28(19)34-25)27-22(30)8-6-9-23(27)31/h6,8-11,14-16H,4-5,7,12-13H2,1-3H3,(H,33,34)(H,38,39). The van der Waals surface area contributed by atoms with Crippen molar-refractivity contribution in [3.8, 4) is 16.8 Å². The number of anilines is 1. The minimum atomic E-state index is -1.31. The van der Waals surface area contributed by atoms with Crippen LogP contribution in [0.3, 0.4) is 0 Å². The molecule has 10 heteroatoms. The van der Waals surface area contributed by atoms with Crippen LogP contribution in [0.15, 0.2) is 53.3 Å². The molecule has 7 nitrogen and oxygen atoms in total. The zero-order valence-corrected chi connectivity index (χ0v) is 21.9. The van der Waals surface area contributed by atoms with Crippen LogP contribution < -0.4 is 10.9 Å². The minimum absolute atomic E-state index is 0.0595. The second-order valence-electron chi connectivity index (χ2n) is 9.11. The lowest BCUT2D eigenvalue weighted by atomic mass is 9.95. The van der Waals surface area contributed by atoms with Gasteiger partial charge in [-0.25, -0.2) is 22.9 Å². The fourth-order valence-electron chi connectivity index (χ4n) is 4.58. The summed E-state index contributed by atoms with van der Waals surface area (Å²) in [5, 5.41) is 13.0. The van der Waals surface area contributed by atoms with Gasteiger partial charge in [-0.3, -0.25) is 9.36 Å². The zero-order chi connectivity index (χ0) is 28.3. The van der Waals surface area contributed by atoms with E-state index in [-0.39, 0.29) is 33.5 Å². The van der Waals surface area contributed by atoms with Crippen molar-refractivity contribution in [2.24, 2.45) is 0 Å². The number of nitrogens with zero attached hydrogens (tertiary/aromatic N) is 3. The highest BCUT2D eigenvalue weighted by Crippen LogP contribution is 2.35. The van der Waals surface area contributed by atoms with Crippen molar-refractivity contribution in [1.29, 1.82) is 0 Å². The normalized spacial score (nSPS) is 11.4. The van der Waals surface area contributed by atoms with Crippen molar-refractivity contribution in [2.45, 2.75) is 27.2 Å². The predicted molar refractivity (Wildman–Crippen MR) is 145 cm³/mol. The maximum atomic E-state index is 14.9. The Morgan fingerprint density at radius 1 is 1.00 bits per heavy atom. The van der Waals surface area contributed by atoms with Crippen LogP contribution in [0.25, 0.3) is 27.8 Å². The van der Waals surface area contributed by atoms with Gasteiger partial charge in [0.25, 0.3) is 5.56 Å². The molecule has 0 unspecified atom stereocenters. The van der Waals surface area contributed by atoms with E-state index >= 15 is 0 Å². The molecule has 0 atom stereocenters. The van der Waals surface area contributed by atoms with Gasteiger partial charge in [0.05, 0.1) is 5.56 Å². The third kappa shape index (κ3) is 5.65. The van der Waals surface area contributed by atoms with E-state index in [9.17, 15) is 27.9 Å². The van der Waals surface area contributed by atoms with Gasteiger partial charge in [-0.2, -0.15) is 0 Å². The lowest BCUT2D eigenvalue weighted by Gasteiger charge is -2.19. The lowest BCUT2D eigenvalue weighted by Crippen LogP contribution is -2.25. The molecule has 0 saturated heterocycles. The van der Waals surface area contributed by atoms with Gasteiger partial charge >= 0.3 is 5.97 Å². The van der Waals surface area contributed by atoms with Crippen molar-refractivity contribution >= 4 is 22.8 Å². The maximum Gasteiger partial charge on any atom is 0.335 e. The number of halogens is 3. The Morgan fingerprint density at radius 2 is 1.69 bits per heavy atom. The third-order valence-electron chi connectivity index (χ3n) is 6.76. The first-order valence-electron chi connectivity index (χ1n) is 12.7. The molecule has 0 bridgehead atoms. The lowest BCUT2D eigenvalue weighted by molar-refractivity contribution is 0.0696. The molecule has 0 spiro atoms. The zero-order valence-electron chi connectivity index (χ0n) is 21.9. The van der Waals surface area contributed by atoms with Crippen LogP contribution in [0.4, 0.5) is 19.0 Å². The largest absolute Gasteiger partial charge is 0.478 e. The van der Waals surface area contributed by atoms with E-state index in [1.54, 1.807) is 6.07 Å². The summed E-state index contributed by atoms with van der Waals surface area (Å²) < 4.78 is 45.4. The first-order chi connectivity index (χ1) is 18.7. The molecule has 4 aromatic rings. The van der Waals surface area contributed by atoms with E-state index in [0.717, 1.165) is 54.9 Å². The predicted octanol–water partition coefficient (Wildman–Crippen LogP) is 5.62. The number of carboxylic acids is 1. The molecule has 2 aromatic carbocycles. The number of para-hydroxylation sites is 1. The highest BCUT2D eigenvalue weighted by molar-refractivity contribution is 5.98. The Bertz CT molecular complexity index is 1580. The van der Waals surface area contributed by atoms with Crippen LogP contribution in [-0.4, -0.2) is 51.7 Å². The monoisotopic (exact) mass is 538 g/mol. The second-order valence-corrected chi connectivity index (χ2v) is 9.11. The fraction of sp³-hybridized carbons (Fsp3) is 0.276. The molecular formula is C29H29F3N4O3. The molecule has 0 amide bonds. The van der Waals surface area contributed by atoms with E-state index < -0.39 is 34.7 Å². The molecule has 0 aliphatic carbocycles. The number of pyridine rings is 2. The van der Waals surface area contributed by atoms with E-state index in [1.165, 1.54) is 25.1 Å². The summed E-state index contributed by atoms with van der Waals surface area (Å²) in [6.45, 7) is 8.79. The van der Waals surface area contributed by atoms with Gasteiger partial charge in [0.1, 0.15) is 29.0 Å². The van der Waals surface area contributed by atoms with Crippen LogP contribution in [0, 0.1) is 24.4 Å². The number of rotatable bonds is 10. The average molecular weight is 539 g/mol. The molecule has 0 radical (unpaired) electrons. The van der Waals surface area contributed by atoms with Crippen LogP contribution >= 0.6 is 0 Å². The molecule has 0 fully saturated rings. The minimum Gasteiger partial charge on any atom is -0.478 e. The van der Waals surface area contributed by atoms with Crippen LogP contribution in [0.2, 0.25) is 0 Å². The third-order valence-corrected chi connectivity index (χ3v) is 6.76. The number of nitrogens with one attached hydrogen (secondary N) is 1. The van der Waals surface area contributed by atoms with Crippen molar-refractivity contribution in [1.82, 2.24) is 14.5 Å². The Hall–Kier alpha value is -4.18. The maximum absolute atomic E-state index is 14.9. The van der Waals surface area contributed by atoms with Crippen molar-refractivity contribution in [3.05, 3.63) is 87.5 Å². The SMILES string of the molecule is CCN(CC)CCCNc1cc(-c2cc(C(=O)O)cc(F)c2C)c2ccc(=O)n(-c3c(F)cccc3F)c2n1. The highest BCUT2D eigenvalue weighted by Gasteiger charge is 2.21. The number of fused-ring (bicyclic) bond motifs is 1. The molecule has 0 saturated carbocycles. The Kier molecular flexibility index (Phi) is 8.35. The molecule has 39 heavy (non-hydrogen) atoms. The van der Waals surface area contributed by atoms with Gasteiger partial charge in [-0.1, -0.05) is 19.9 Å². The summed E-state index contributed by atoms with van der Waals surface area (Å²) in [5.41, 5.74) is -0.842. The molecule has 2 N–H and O–H groups in total. The van der Waals surface area contributed by atoms with Crippen molar-refractivity contribution < 1.29 is 23.1 Å². The number of aromatic carboxylic acids is 1. The van der Waals surface area contributed by atoms with Crippen molar-refractivity contribution in [2.75, 3.05) is 31.5 Å². The first-order valence-corrected chi connectivity index (χ1v) is 12.7. The average Bonchev–Trinajstić information content (AvgIpc) is 2.90. The van der Waals surface area contributed by atoms with Gasteiger partial charge in [0.15, 0.2) is 5.65 Å². The van der Waals surface area contributed by atoms with Gasteiger partial charge in [-0.15, -0.1) is 0 Å². The topological polar surface area (TPSA) is 87.5 Å². The molecule has 0 aliphatic heterocycles. The number of carbonyl (C=O) groups is 1. The van der Waals surface area contributed by atoms with Gasteiger partial charge in [0.2, 0.25) is 0 Å². The van der Waals surface area contributed by atoms with E-state index in [4.69, 9.17) is 0 Å². The Morgan fingerprint density at radius 3 is 2.33 bits per heavy atom.